The zero-order valence-electron chi connectivity index (χ0n) is 9.84. The first-order valence-corrected chi connectivity index (χ1v) is 5.61. The molecule has 0 radical (unpaired) electrons. The van der Waals surface area contributed by atoms with Crippen LogP contribution in [0, 0.1) is 12.8 Å². The second-order valence-electron chi connectivity index (χ2n) is 4.52. The minimum Gasteiger partial charge on any atom is -0.394 e. The number of nitrogens with one attached hydrogen (secondary N) is 1. The van der Waals surface area contributed by atoms with Gasteiger partial charge in [0, 0.05) is 17.7 Å². The third-order valence-corrected chi connectivity index (χ3v) is 3.08. The van der Waals surface area contributed by atoms with Gasteiger partial charge in [-0.25, -0.2) is 4.79 Å². The average molecular weight is 240 g/mol. The van der Waals surface area contributed by atoms with Crippen molar-refractivity contribution in [3.8, 4) is 0 Å². The Morgan fingerprint density at radius 3 is 2.88 bits per heavy atom. The molecule has 0 spiro atoms. The summed E-state index contributed by atoms with van der Waals surface area (Å²) in [6, 6.07) is 0. The molecule has 6 nitrogen and oxygen atoms in total. The van der Waals surface area contributed by atoms with Crippen LogP contribution in [0.5, 0.6) is 0 Å². The highest BCUT2D eigenvalue weighted by Gasteiger charge is 2.33. The second kappa shape index (κ2) is 4.46. The molecule has 0 bridgehead atoms. The van der Waals surface area contributed by atoms with Crippen LogP contribution < -0.4 is 11.2 Å². The molecule has 3 atom stereocenters. The number of H-pyrrole nitrogens is 1. The maximum absolute atomic E-state index is 11.7. The summed E-state index contributed by atoms with van der Waals surface area (Å²) in [7, 11) is 0. The van der Waals surface area contributed by atoms with Crippen LogP contribution in [0.2, 0.25) is 0 Å². The van der Waals surface area contributed by atoms with Crippen LogP contribution in [0.3, 0.4) is 0 Å². The number of nitrogens with zero attached hydrogens (tertiary/aromatic N) is 1. The molecule has 94 valence electrons. The third kappa shape index (κ3) is 2.18. The van der Waals surface area contributed by atoms with Crippen molar-refractivity contribution in [3.63, 3.8) is 0 Å². The molecule has 17 heavy (non-hydrogen) atoms. The van der Waals surface area contributed by atoms with Gasteiger partial charge < -0.3 is 9.84 Å². The van der Waals surface area contributed by atoms with Gasteiger partial charge in [-0.05, 0) is 13.3 Å². The molecule has 2 N–H and O–H groups in total. The summed E-state index contributed by atoms with van der Waals surface area (Å²) in [5.41, 5.74) is -0.389. The Bertz CT molecular complexity index is 519. The minimum atomic E-state index is -0.476. The lowest BCUT2D eigenvalue weighted by Crippen LogP contribution is -2.34. The normalized spacial score (nSPS) is 28.5. The zero-order chi connectivity index (χ0) is 12.6. The van der Waals surface area contributed by atoms with Crippen LogP contribution in [0.4, 0.5) is 0 Å². The number of aliphatic hydroxyl groups is 1. The highest BCUT2D eigenvalue weighted by molar-refractivity contribution is 5.02. The van der Waals surface area contributed by atoms with Crippen LogP contribution >= 0.6 is 0 Å². The van der Waals surface area contributed by atoms with Gasteiger partial charge in [-0.15, -0.1) is 0 Å². The SMILES string of the molecule is Cc1cn([C@@H]2O[C@H](CO)CC2C)c(=O)[nH]c1=O. The summed E-state index contributed by atoms with van der Waals surface area (Å²) in [5, 5.41) is 9.05. The maximum Gasteiger partial charge on any atom is 0.330 e. The molecule has 0 aliphatic carbocycles. The lowest BCUT2D eigenvalue weighted by atomic mass is 10.1. The molecule has 0 aromatic carbocycles. The third-order valence-electron chi connectivity index (χ3n) is 3.08. The summed E-state index contributed by atoms with van der Waals surface area (Å²) in [5.74, 6) is 0.121. The standard InChI is InChI=1S/C11H16N2O4/c1-6-3-8(5-14)17-10(6)13-4-7(2)9(15)12-11(13)16/h4,6,8,10,14H,3,5H2,1-2H3,(H,12,15,16)/t6?,8-,10+/m0/s1. The number of hydrogen-bond acceptors (Lipinski definition) is 4. The van der Waals surface area contributed by atoms with Crippen LogP contribution in [0.25, 0.3) is 0 Å². The minimum absolute atomic E-state index is 0.0576. The monoisotopic (exact) mass is 240 g/mol. The van der Waals surface area contributed by atoms with Crippen molar-refractivity contribution in [2.75, 3.05) is 6.61 Å². The highest BCUT2D eigenvalue weighted by Crippen LogP contribution is 2.32. The first-order chi connectivity index (χ1) is 8.02. The van der Waals surface area contributed by atoms with Gasteiger partial charge >= 0.3 is 5.69 Å². The van der Waals surface area contributed by atoms with Crippen molar-refractivity contribution >= 4 is 0 Å². The Labute approximate surface area is 97.9 Å². The second-order valence-corrected chi connectivity index (χ2v) is 4.52. The summed E-state index contributed by atoms with van der Waals surface area (Å²) >= 11 is 0. The smallest absolute Gasteiger partial charge is 0.330 e. The Morgan fingerprint density at radius 1 is 1.59 bits per heavy atom. The van der Waals surface area contributed by atoms with Gasteiger partial charge in [-0.2, -0.15) is 0 Å². The van der Waals surface area contributed by atoms with Crippen LogP contribution in [0.1, 0.15) is 25.1 Å². The van der Waals surface area contributed by atoms with E-state index in [2.05, 4.69) is 4.98 Å². The number of aryl methyl sites for hydroxylation is 1. The number of ether oxygens (including phenoxy) is 1. The number of aromatic amines is 1. The van der Waals surface area contributed by atoms with Gasteiger partial charge in [0.15, 0.2) is 0 Å². The van der Waals surface area contributed by atoms with Crippen molar-refractivity contribution < 1.29 is 9.84 Å². The Morgan fingerprint density at radius 2 is 2.29 bits per heavy atom. The van der Waals surface area contributed by atoms with Crippen molar-refractivity contribution in [1.29, 1.82) is 0 Å². The van der Waals surface area contributed by atoms with E-state index in [1.54, 1.807) is 6.92 Å². The highest BCUT2D eigenvalue weighted by atomic mass is 16.5. The first-order valence-electron chi connectivity index (χ1n) is 5.61. The van der Waals surface area contributed by atoms with E-state index in [4.69, 9.17) is 9.84 Å². The van der Waals surface area contributed by atoms with E-state index in [-0.39, 0.29) is 24.2 Å². The number of aromatic nitrogens is 2. The van der Waals surface area contributed by atoms with E-state index in [0.717, 1.165) is 0 Å². The van der Waals surface area contributed by atoms with Gasteiger partial charge in [0.05, 0.1) is 12.7 Å². The van der Waals surface area contributed by atoms with Crippen molar-refractivity contribution in [1.82, 2.24) is 9.55 Å². The molecule has 2 rings (SSSR count). The van der Waals surface area contributed by atoms with Crippen molar-refractivity contribution in [2.45, 2.75) is 32.6 Å². The van der Waals surface area contributed by atoms with E-state index in [1.807, 2.05) is 6.92 Å². The number of aliphatic hydroxyl groups excluding tert-OH is 1. The fourth-order valence-corrected chi connectivity index (χ4v) is 2.15. The molecule has 1 saturated heterocycles. The predicted molar refractivity (Wildman–Crippen MR) is 60.8 cm³/mol. The zero-order valence-corrected chi connectivity index (χ0v) is 9.84. The van der Waals surface area contributed by atoms with E-state index in [0.29, 0.717) is 12.0 Å². The van der Waals surface area contributed by atoms with Gasteiger partial charge in [0.1, 0.15) is 6.23 Å². The van der Waals surface area contributed by atoms with Crippen LogP contribution in [-0.2, 0) is 4.74 Å². The van der Waals surface area contributed by atoms with Gasteiger partial charge in [0.2, 0.25) is 0 Å². The van der Waals surface area contributed by atoms with E-state index in [1.165, 1.54) is 10.8 Å². The quantitative estimate of drug-likeness (QED) is 0.747. The van der Waals surface area contributed by atoms with E-state index < -0.39 is 11.9 Å². The maximum atomic E-state index is 11.7. The fourth-order valence-electron chi connectivity index (χ4n) is 2.15. The molecule has 1 aromatic heterocycles. The molecule has 1 aliphatic heterocycles. The lowest BCUT2D eigenvalue weighted by Gasteiger charge is -2.18. The Balaban J connectivity index is 2.38. The molecular formula is C11H16N2O4. The number of rotatable bonds is 2. The summed E-state index contributed by atoms with van der Waals surface area (Å²) in [4.78, 5) is 25.2. The van der Waals surface area contributed by atoms with Crippen molar-refractivity contribution in [3.05, 3.63) is 32.6 Å². The molecule has 2 heterocycles. The lowest BCUT2D eigenvalue weighted by molar-refractivity contribution is -0.0337. The summed E-state index contributed by atoms with van der Waals surface area (Å²) in [6.45, 7) is 3.53. The molecule has 0 saturated carbocycles. The van der Waals surface area contributed by atoms with Crippen LogP contribution in [0.15, 0.2) is 15.8 Å². The molecule has 1 aliphatic rings. The van der Waals surface area contributed by atoms with E-state index >= 15 is 0 Å². The van der Waals surface area contributed by atoms with E-state index in [9.17, 15) is 9.59 Å². The van der Waals surface area contributed by atoms with Gasteiger partial charge in [-0.3, -0.25) is 14.3 Å². The number of hydrogen-bond donors (Lipinski definition) is 2. The largest absolute Gasteiger partial charge is 0.394 e. The molecule has 1 fully saturated rings. The Kier molecular flexibility index (Phi) is 3.17. The average Bonchev–Trinajstić information content (AvgIpc) is 2.65. The van der Waals surface area contributed by atoms with Gasteiger partial charge in [0.25, 0.3) is 5.56 Å². The topological polar surface area (TPSA) is 84.3 Å². The summed E-state index contributed by atoms with van der Waals surface area (Å²) in [6.07, 6.45) is 1.54. The molecular weight excluding hydrogens is 224 g/mol. The summed E-state index contributed by atoms with van der Waals surface area (Å²) < 4.78 is 6.96. The first kappa shape index (κ1) is 12.1. The Hall–Kier alpha value is -1.40. The molecule has 1 unspecified atom stereocenters. The fraction of sp³-hybridized carbons (Fsp3) is 0.636. The van der Waals surface area contributed by atoms with Gasteiger partial charge in [-0.1, -0.05) is 6.92 Å². The van der Waals surface area contributed by atoms with Crippen molar-refractivity contribution in [2.24, 2.45) is 5.92 Å². The predicted octanol–water partition coefficient (Wildman–Crippen LogP) is -0.239. The molecule has 1 aromatic rings. The van der Waals surface area contributed by atoms with Crippen LogP contribution in [-0.4, -0.2) is 27.4 Å². The molecule has 0 amide bonds. The molecule has 6 heteroatoms.